The molecular weight excluding hydrogens is 181 g/mol. The first-order chi connectivity index (χ1) is 6.77. The Morgan fingerprint density at radius 2 is 2.07 bits per heavy atom. The summed E-state index contributed by atoms with van der Waals surface area (Å²) in [6.07, 6.45) is -0.107. The predicted molar refractivity (Wildman–Crippen MR) is 53.6 cm³/mol. The van der Waals surface area contributed by atoms with Crippen LogP contribution in [-0.2, 0) is 4.74 Å². The molecule has 1 heterocycles. The molecule has 0 aromatic heterocycles. The Morgan fingerprint density at radius 1 is 1.36 bits per heavy atom. The second-order valence-corrected chi connectivity index (χ2v) is 3.69. The maximum atomic E-state index is 13.9. The Balaban J connectivity index is 2.09. The Hall–Kier alpha value is -1.09. The number of nitrogens with two attached hydrogens (primary N) is 1. The first-order valence-corrected chi connectivity index (χ1v) is 4.84. The van der Waals surface area contributed by atoms with E-state index >= 15 is 0 Å². The number of benzene rings is 1. The third kappa shape index (κ3) is 1.87. The van der Waals surface area contributed by atoms with Gasteiger partial charge in [0.1, 0.15) is 6.17 Å². The Bertz CT molecular complexity index is 293. The van der Waals surface area contributed by atoms with Crippen LogP contribution in [-0.4, -0.2) is 13.2 Å². The van der Waals surface area contributed by atoms with Gasteiger partial charge in [-0.1, -0.05) is 12.1 Å². The summed E-state index contributed by atoms with van der Waals surface area (Å²) >= 11 is 0. The van der Waals surface area contributed by atoms with E-state index in [1.165, 1.54) is 0 Å². The second-order valence-electron chi connectivity index (χ2n) is 3.69. The van der Waals surface area contributed by atoms with Gasteiger partial charge in [0.15, 0.2) is 0 Å². The van der Waals surface area contributed by atoms with E-state index in [0.29, 0.717) is 24.5 Å². The molecule has 2 unspecified atom stereocenters. The van der Waals surface area contributed by atoms with Gasteiger partial charge in [0.25, 0.3) is 0 Å². The molecule has 1 fully saturated rings. The normalized spacial score (nSPS) is 23.6. The molecule has 2 atom stereocenters. The van der Waals surface area contributed by atoms with Crippen LogP contribution in [0.1, 0.15) is 18.2 Å². The van der Waals surface area contributed by atoms with Gasteiger partial charge < -0.3 is 10.5 Å². The van der Waals surface area contributed by atoms with Crippen molar-refractivity contribution in [2.24, 2.45) is 5.92 Å². The molecule has 0 amide bonds. The summed E-state index contributed by atoms with van der Waals surface area (Å²) in [5.41, 5.74) is 6.91. The quantitative estimate of drug-likeness (QED) is 0.735. The molecule has 0 bridgehead atoms. The molecule has 1 aromatic carbocycles. The van der Waals surface area contributed by atoms with Crippen molar-refractivity contribution in [3.8, 4) is 0 Å². The minimum Gasteiger partial charge on any atom is -0.399 e. The zero-order valence-electron chi connectivity index (χ0n) is 7.95. The lowest BCUT2D eigenvalue weighted by Gasteiger charge is -2.14. The number of rotatable bonds is 2. The summed E-state index contributed by atoms with van der Waals surface area (Å²) in [6, 6.07) is 6.96. The molecule has 2 nitrogen and oxygen atoms in total. The van der Waals surface area contributed by atoms with Crippen molar-refractivity contribution < 1.29 is 9.13 Å². The van der Waals surface area contributed by atoms with Gasteiger partial charge in [-0.2, -0.15) is 0 Å². The zero-order chi connectivity index (χ0) is 9.97. The number of hydrogen-bond donors (Lipinski definition) is 1. The molecule has 1 aliphatic rings. The fourth-order valence-corrected chi connectivity index (χ4v) is 1.74. The molecule has 76 valence electrons. The van der Waals surface area contributed by atoms with Crippen molar-refractivity contribution in [1.29, 1.82) is 0 Å². The average molecular weight is 195 g/mol. The van der Waals surface area contributed by atoms with Crippen molar-refractivity contribution in [3.05, 3.63) is 29.8 Å². The van der Waals surface area contributed by atoms with Crippen molar-refractivity contribution in [1.82, 2.24) is 0 Å². The van der Waals surface area contributed by atoms with Crippen molar-refractivity contribution in [2.45, 2.75) is 12.6 Å². The van der Waals surface area contributed by atoms with E-state index in [-0.39, 0.29) is 5.92 Å². The van der Waals surface area contributed by atoms with Crippen LogP contribution in [0.15, 0.2) is 24.3 Å². The van der Waals surface area contributed by atoms with E-state index in [4.69, 9.17) is 10.5 Å². The molecule has 0 aliphatic carbocycles. The fraction of sp³-hybridized carbons (Fsp3) is 0.455. The maximum Gasteiger partial charge on any atom is 0.130 e. The highest BCUT2D eigenvalue weighted by molar-refractivity contribution is 5.39. The molecule has 3 heteroatoms. The highest BCUT2D eigenvalue weighted by Crippen LogP contribution is 2.32. The van der Waals surface area contributed by atoms with Gasteiger partial charge >= 0.3 is 0 Å². The molecule has 1 saturated heterocycles. The van der Waals surface area contributed by atoms with E-state index in [2.05, 4.69) is 0 Å². The summed E-state index contributed by atoms with van der Waals surface area (Å²) in [7, 11) is 0. The Morgan fingerprint density at radius 3 is 2.64 bits per heavy atom. The Kier molecular flexibility index (Phi) is 2.68. The van der Waals surface area contributed by atoms with Crippen LogP contribution >= 0.6 is 0 Å². The smallest absolute Gasteiger partial charge is 0.130 e. The minimum absolute atomic E-state index is 0.0126. The van der Waals surface area contributed by atoms with Gasteiger partial charge in [0, 0.05) is 18.2 Å². The largest absolute Gasteiger partial charge is 0.399 e. The highest BCUT2D eigenvalue weighted by atomic mass is 19.1. The molecule has 1 aliphatic heterocycles. The van der Waals surface area contributed by atoms with E-state index in [1.807, 2.05) is 0 Å². The summed E-state index contributed by atoms with van der Waals surface area (Å²) in [5, 5.41) is 0. The first kappa shape index (κ1) is 9.46. The lowest BCUT2D eigenvalue weighted by atomic mass is 9.96. The molecule has 2 rings (SSSR count). The van der Waals surface area contributed by atoms with Crippen LogP contribution in [0.4, 0.5) is 10.1 Å². The van der Waals surface area contributed by atoms with Crippen molar-refractivity contribution >= 4 is 5.69 Å². The zero-order valence-corrected chi connectivity index (χ0v) is 7.95. The van der Waals surface area contributed by atoms with Gasteiger partial charge in [-0.05, 0) is 24.1 Å². The standard InChI is InChI=1S/C11H14FNO/c12-11(9-5-6-14-7-9)8-1-3-10(13)4-2-8/h1-4,9,11H,5-7,13H2. The number of halogens is 1. The minimum atomic E-state index is -0.918. The van der Waals surface area contributed by atoms with Crippen LogP contribution in [0.5, 0.6) is 0 Å². The third-order valence-electron chi connectivity index (χ3n) is 2.63. The molecular formula is C11H14FNO. The SMILES string of the molecule is Nc1ccc(C(F)C2CCOC2)cc1. The molecule has 0 spiro atoms. The highest BCUT2D eigenvalue weighted by Gasteiger charge is 2.26. The second kappa shape index (κ2) is 3.96. The number of alkyl halides is 1. The number of anilines is 1. The van der Waals surface area contributed by atoms with Crippen LogP contribution in [0.3, 0.4) is 0 Å². The Labute approximate surface area is 82.9 Å². The topological polar surface area (TPSA) is 35.2 Å². The van der Waals surface area contributed by atoms with Gasteiger partial charge in [-0.25, -0.2) is 4.39 Å². The molecule has 14 heavy (non-hydrogen) atoms. The summed E-state index contributed by atoms with van der Waals surface area (Å²) in [6.45, 7) is 1.21. The van der Waals surface area contributed by atoms with Gasteiger partial charge in [-0.3, -0.25) is 0 Å². The average Bonchev–Trinajstić information content (AvgIpc) is 2.71. The molecule has 0 saturated carbocycles. The summed E-state index contributed by atoms with van der Waals surface area (Å²) < 4.78 is 19.0. The number of ether oxygens (including phenoxy) is 1. The van der Waals surface area contributed by atoms with Crippen molar-refractivity contribution in [3.63, 3.8) is 0 Å². The third-order valence-corrected chi connectivity index (χ3v) is 2.63. The molecule has 2 N–H and O–H groups in total. The lowest BCUT2D eigenvalue weighted by molar-refractivity contribution is 0.155. The van der Waals surface area contributed by atoms with Gasteiger partial charge in [0.2, 0.25) is 0 Å². The van der Waals surface area contributed by atoms with Crippen LogP contribution in [0.2, 0.25) is 0 Å². The fourth-order valence-electron chi connectivity index (χ4n) is 1.74. The van der Waals surface area contributed by atoms with Gasteiger partial charge in [0.05, 0.1) is 6.61 Å². The van der Waals surface area contributed by atoms with E-state index in [9.17, 15) is 4.39 Å². The van der Waals surface area contributed by atoms with E-state index in [0.717, 1.165) is 6.42 Å². The monoisotopic (exact) mass is 195 g/mol. The summed E-state index contributed by atoms with van der Waals surface area (Å²) in [4.78, 5) is 0. The van der Waals surface area contributed by atoms with E-state index in [1.54, 1.807) is 24.3 Å². The van der Waals surface area contributed by atoms with Gasteiger partial charge in [-0.15, -0.1) is 0 Å². The molecule has 1 aromatic rings. The maximum absolute atomic E-state index is 13.9. The number of nitrogen functional groups attached to an aromatic ring is 1. The van der Waals surface area contributed by atoms with Crippen molar-refractivity contribution in [2.75, 3.05) is 18.9 Å². The van der Waals surface area contributed by atoms with Crippen LogP contribution in [0, 0.1) is 5.92 Å². The first-order valence-electron chi connectivity index (χ1n) is 4.84. The molecule has 0 radical (unpaired) electrons. The van der Waals surface area contributed by atoms with Crippen LogP contribution < -0.4 is 5.73 Å². The van der Waals surface area contributed by atoms with Crippen LogP contribution in [0.25, 0.3) is 0 Å². The summed E-state index contributed by atoms with van der Waals surface area (Å²) in [5.74, 6) is 0.0126. The predicted octanol–water partition coefficient (Wildman–Crippen LogP) is 2.32. The lowest BCUT2D eigenvalue weighted by Crippen LogP contribution is -2.08. The number of hydrogen-bond acceptors (Lipinski definition) is 2. The van der Waals surface area contributed by atoms with E-state index < -0.39 is 6.17 Å².